The van der Waals surface area contributed by atoms with E-state index in [-0.39, 0.29) is 0 Å². The van der Waals surface area contributed by atoms with Crippen LogP contribution in [0.25, 0.3) is 22.3 Å². The predicted molar refractivity (Wildman–Crippen MR) is 405 cm³/mol. The van der Waals surface area contributed by atoms with E-state index in [0.717, 1.165) is 164 Å². The van der Waals surface area contributed by atoms with Gasteiger partial charge < -0.3 is 57.5 Å². The maximum atomic E-state index is 5.75. The molecule has 100 heavy (non-hydrogen) atoms. The van der Waals surface area contributed by atoms with Crippen molar-refractivity contribution in [3.05, 3.63) is 325 Å². The van der Waals surface area contributed by atoms with Crippen molar-refractivity contribution in [3.63, 3.8) is 0 Å². The van der Waals surface area contributed by atoms with Crippen molar-refractivity contribution < 1.29 is 37.9 Å². The van der Waals surface area contributed by atoms with Gasteiger partial charge in [-0.05, 0) is 299 Å². The molecule has 0 radical (unpaired) electrons. The van der Waals surface area contributed by atoms with E-state index in [9.17, 15) is 0 Å². The Morgan fingerprint density at radius 1 is 0.200 bits per heavy atom. The molecule has 0 atom stereocenters. The lowest BCUT2D eigenvalue weighted by molar-refractivity contribution is 0.414. The third-order valence-electron chi connectivity index (χ3n) is 18.6. The third-order valence-corrected chi connectivity index (χ3v) is 18.9. The first-order valence-electron chi connectivity index (χ1n) is 32.7. The van der Waals surface area contributed by atoms with Crippen molar-refractivity contribution in [1.82, 2.24) is 0 Å². The van der Waals surface area contributed by atoms with Gasteiger partial charge in [-0.2, -0.15) is 0 Å². The van der Waals surface area contributed by atoms with Crippen LogP contribution < -0.4 is 57.5 Å². The molecule has 0 amide bonds. The van der Waals surface area contributed by atoms with Crippen LogP contribution in [-0.4, -0.2) is 56.9 Å². The highest BCUT2D eigenvalue weighted by atomic mass is 35.5. The Morgan fingerprint density at radius 3 is 0.500 bits per heavy atom. The van der Waals surface area contributed by atoms with E-state index in [2.05, 4.69) is 189 Å². The van der Waals surface area contributed by atoms with Gasteiger partial charge in [0.2, 0.25) is 0 Å². The van der Waals surface area contributed by atoms with Gasteiger partial charge in [0, 0.05) is 73.3 Å². The molecule has 0 saturated carbocycles. The molecule has 0 N–H and O–H groups in total. The third kappa shape index (κ3) is 12.3. The number of hydrogen-bond acceptors (Lipinski definition) is 12. The molecule has 0 bridgehead atoms. The standard InChI is InChI=1S/C81H68N4O8.C6H5Cl/c1-86-65-29-9-53(10-30-65)82(54-11-31-66(87-2)32-12-54)61-25-45-73-74-46-26-62(83(55-13-33-67(88-3)34-14-55)56-15-35-68(89-4)36-16-56)50-78(74)81(77(73)49-61)79-51-63(84(57-17-37-69(90-5)38-18-57)58-19-39-70(91-6)40-20-58)27-47-75(79)76-48-28-64(52-80(76)81)85(59-21-41-71(92-7)42-22-59)60-23-43-72(93-8)44-24-60;7-6-4-2-1-3-5-6/h9-52H,1-8H3;1-5H. The summed E-state index contributed by atoms with van der Waals surface area (Å²) in [7, 11) is 13.6. The molecule has 0 heterocycles. The highest BCUT2D eigenvalue weighted by molar-refractivity contribution is 6.30. The Morgan fingerprint density at radius 2 is 0.360 bits per heavy atom. The van der Waals surface area contributed by atoms with Gasteiger partial charge in [0.05, 0.1) is 62.3 Å². The summed E-state index contributed by atoms with van der Waals surface area (Å²) in [5.74, 6) is 6.06. The van der Waals surface area contributed by atoms with Crippen molar-refractivity contribution in [2.75, 3.05) is 76.5 Å². The zero-order chi connectivity index (χ0) is 68.9. The van der Waals surface area contributed by atoms with Crippen molar-refractivity contribution >= 4 is 79.8 Å². The second-order valence-electron chi connectivity index (χ2n) is 23.9. The minimum Gasteiger partial charge on any atom is -0.497 e. The molecule has 496 valence electrons. The molecule has 12 nitrogen and oxygen atoms in total. The van der Waals surface area contributed by atoms with Gasteiger partial charge in [0.25, 0.3) is 0 Å². The van der Waals surface area contributed by atoms with Gasteiger partial charge in [-0.15, -0.1) is 0 Å². The zero-order valence-corrected chi connectivity index (χ0v) is 57.5. The second-order valence-corrected chi connectivity index (χ2v) is 24.3. The van der Waals surface area contributed by atoms with Gasteiger partial charge in [-0.25, -0.2) is 0 Å². The molecular weight excluding hydrogens is 1260 g/mol. The summed E-state index contributed by atoms with van der Waals surface area (Å²) in [6, 6.07) is 103. The maximum absolute atomic E-state index is 5.75. The molecule has 1 spiro atoms. The molecule has 13 aromatic carbocycles. The molecule has 15 rings (SSSR count). The summed E-state index contributed by atoms with van der Waals surface area (Å²) in [5, 5.41) is 0.794. The minimum atomic E-state index is -1.01. The van der Waals surface area contributed by atoms with E-state index < -0.39 is 5.41 Å². The lowest BCUT2D eigenvalue weighted by Crippen LogP contribution is -2.27. The number of halogens is 1. The van der Waals surface area contributed by atoms with Gasteiger partial charge in [0.15, 0.2) is 0 Å². The summed E-state index contributed by atoms with van der Waals surface area (Å²) in [6.07, 6.45) is 0. The number of methoxy groups -OCH3 is 8. The summed E-state index contributed by atoms with van der Waals surface area (Å²) >= 11 is 5.54. The molecule has 0 aromatic heterocycles. The Bertz CT molecular complexity index is 4200. The van der Waals surface area contributed by atoms with Crippen LogP contribution in [0.3, 0.4) is 0 Å². The summed E-state index contributed by atoms with van der Waals surface area (Å²) in [6.45, 7) is 0. The molecule has 2 aliphatic rings. The van der Waals surface area contributed by atoms with Crippen molar-refractivity contribution in [3.8, 4) is 68.2 Å². The van der Waals surface area contributed by atoms with Gasteiger partial charge in [-0.3, -0.25) is 0 Å². The van der Waals surface area contributed by atoms with Crippen LogP contribution in [0.15, 0.2) is 297 Å². The number of hydrogen-bond donors (Lipinski definition) is 0. The molecule has 0 fully saturated rings. The van der Waals surface area contributed by atoms with Crippen molar-refractivity contribution in [2.24, 2.45) is 0 Å². The molecule has 2 aliphatic carbocycles. The van der Waals surface area contributed by atoms with Crippen LogP contribution in [0.1, 0.15) is 22.3 Å². The highest BCUT2D eigenvalue weighted by Crippen LogP contribution is 2.66. The lowest BCUT2D eigenvalue weighted by Gasteiger charge is -2.35. The molecule has 0 saturated heterocycles. The van der Waals surface area contributed by atoms with Crippen LogP contribution >= 0.6 is 11.6 Å². The zero-order valence-electron chi connectivity index (χ0n) is 56.7. The first-order chi connectivity index (χ1) is 49.1. The molecule has 0 aliphatic heterocycles. The van der Waals surface area contributed by atoms with Crippen LogP contribution in [0.2, 0.25) is 5.02 Å². The first-order valence-corrected chi connectivity index (χ1v) is 33.1. The topological polar surface area (TPSA) is 86.8 Å². The maximum Gasteiger partial charge on any atom is 0.119 e. The summed E-state index contributed by atoms with van der Waals surface area (Å²) < 4.78 is 46.0. The van der Waals surface area contributed by atoms with E-state index in [1.807, 2.05) is 127 Å². The monoisotopic (exact) mass is 1340 g/mol. The van der Waals surface area contributed by atoms with Gasteiger partial charge in [-0.1, -0.05) is 54.1 Å². The average molecular weight is 1340 g/mol. The van der Waals surface area contributed by atoms with Crippen LogP contribution in [0.4, 0.5) is 68.2 Å². The largest absolute Gasteiger partial charge is 0.497 e. The molecule has 0 unspecified atom stereocenters. The van der Waals surface area contributed by atoms with Gasteiger partial charge >= 0.3 is 0 Å². The van der Waals surface area contributed by atoms with Gasteiger partial charge in [0.1, 0.15) is 46.0 Å². The fraction of sp³-hybridized carbons (Fsp3) is 0.103. The van der Waals surface area contributed by atoms with Crippen molar-refractivity contribution in [1.29, 1.82) is 0 Å². The Balaban J connectivity index is 0.00000115. The molecular formula is C87H73ClN4O8. The Hall–Kier alpha value is -12.3. The number of rotatable bonds is 20. The number of nitrogens with zero attached hydrogens (tertiary/aromatic N) is 4. The fourth-order valence-electron chi connectivity index (χ4n) is 13.8. The SMILES string of the molecule is COc1ccc(N(c2ccc(OC)cc2)c2ccc3c(c2)C2(c4cc(N(c5ccc(OC)cc5)c5ccc(OC)cc5)ccc4-3)c3cc(N(c4ccc(OC)cc4)c4ccc(OC)cc4)ccc3-c3ccc(N(c4ccc(OC)cc4)c4ccc(OC)cc4)cc32)cc1.Clc1ccccc1. The fourth-order valence-corrected chi connectivity index (χ4v) is 13.9. The van der Waals surface area contributed by atoms with E-state index in [4.69, 9.17) is 49.5 Å². The number of fused-ring (bicyclic) bond motifs is 10. The number of ether oxygens (including phenoxy) is 8. The summed E-state index contributed by atoms with van der Waals surface area (Å²) in [4.78, 5) is 9.24. The van der Waals surface area contributed by atoms with E-state index in [1.54, 1.807) is 56.9 Å². The number of benzene rings is 13. The summed E-state index contributed by atoms with van der Waals surface area (Å²) in [5.41, 5.74) is 19.2. The minimum absolute atomic E-state index is 0.758. The highest BCUT2D eigenvalue weighted by Gasteiger charge is 2.53. The van der Waals surface area contributed by atoms with E-state index in [1.165, 1.54) is 0 Å². The smallest absolute Gasteiger partial charge is 0.119 e. The predicted octanol–water partition coefficient (Wildman–Crippen LogP) is 22.3. The van der Waals surface area contributed by atoms with Crippen LogP contribution in [0.5, 0.6) is 46.0 Å². The Labute approximate surface area is 589 Å². The quantitative estimate of drug-likeness (QED) is 0.0728. The van der Waals surface area contributed by atoms with Crippen LogP contribution in [0, 0.1) is 0 Å². The first kappa shape index (κ1) is 65.1. The van der Waals surface area contributed by atoms with E-state index >= 15 is 0 Å². The molecule has 13 heteroatoms. The van der Waals surface area contributed by atoms with E-state index in [0.29, 0.717) is 0 Å². The average Bonchev–Trinajstić information content (AvgIpc) is 1.50. The van der Waals surface area contributed by atoms with Crippen molar-refractivity contribution in [2.45, 2.75) is 5.41 Å². The normalized spacial score (nSPS) is 11.7. The Kier molecular flexibility index (Phi) is 18.5. The lowest BCUT2D eigenvalue weighted by atomic mass is 9.70. The molecule has 13 aromatic rings. The second kappa shape index (κ2) is 28.4. The van der Waals surface area contributed by atoms with Crippen LogP contribution in [-0.2, 0) is 5.41 Å². The number of anilines is 12.